The molecule has 6 heteroatoms. The predicted molar refractivity (Wildman–Crippen MR) is 112 cm³/mol. The number of carbonyl (C=O) groups is 1. The number of fused-ring (bicyclic) bond motifs is 2. The predicted octanol–water partition coefficient (Wildman–Crippen LogP) is 4.36. The second-order valence-electron chi connectivity index (χ2n) is 8.25. The molecule has 0 bridgehead atoms. The van der Waals surface area contributed by atoms with Gasteiger partial charge in [0.05, 0.1) is 17.9 Å². The summed E-state index contributed by atoms with van der Waals surface area (Å²) in [4.78, 5) is 20.4. The van der Waals surface area contributed by atoms with Gasteiger partial charge in [-0.2, -0.15) is 0 Å². The van der Waals surface area contributed by atoms with Crippen molar-refractivity contribution in [3.63, 3.8) is 0 Å². The number of urea groups is 1. The lowest BCUT2D eigenvalue weighted by Gasteiger charge is -2.28. The van der Waals surface area contributed by atoms with Gasteiger partial charge in [-0.1, -0.05) is 19.9 Å². The molecule has 0 fully saturated rings. The fraction of sp³-hybridized carbons (Fsp3) is 0.524. The number of aryl methyl sites for hydroxylation is 1. The highest BCUT2D eigenvalue weighted by Gasteiger charge is 2.28. The molecule has 5 nitrogen and oxygen atoms in total. The van der Waals surface area contributed by atoms with Gasteiger partial charge in [0, 0.05) is 23.7 Å². The Hall–Kier alpha value is -2.08. The van der Waals surface area contributed by atoms with E-state index >= 15 is 0 Å². The Kier molecular flexibility index (Phi) is 4.84. The molecule has 0 saturated heterocycles. The first-order chi connectivity index (χ1) is 12.9. The molecule has 0 atom stereocenters. The normalized spacial score (nSPS) is 17.4. The van der Waals surface area contributed by atoms with E-state index in [1.165, 1.54) is 22.6 Å². The number of nitrogens with zero attached hydrogens (tertiary/aromatic N) is 2. The second kappa shape index (κ2) is 7.15. The average molecular weight is 385 g/mol. The molecule has 1 aromatic heterocycles. The van der Waals surface area contributed by atoms with Gasteiger partial charge in [0.2, 0.25) is 0 Å². The molecule has 0 radical (unpaired) electrons. The van der Waals surface area contributed by atoms with Crippen LogP contribution in [0, 0.1) is 5.41 Å². The number of aromatic nitrogens is 1. The van der Waals surface area contributed by atoms with Gasteiger partial charge in [-0.05, 0) is 55.7 Å². The fourth-order valence-electron chi connectivity index (χ4n) is 3.95. The molecule has 2 aliphatic rings. The van der Waals surface area contributed by atoms with Crippen LogP contribution in [0.25, 0.3) is 0 Å². The number of rotatable bonds is 4. The van der Waals surface area contributed by atoms with Crippen LogP contribution in [0.3, 0.4) is 0 Å². The maximum absolute atomic E-state index is 12.2. The molecule has 27 heavy (non-hydrogen) atoms. The smallest absolute Gasteiger partial charge is 0.321 e. The molecule has 1 aromatic carbocycles. The number of hydrogen-bond donors (Lipinski definition) is 2. The fourth-order valence-corrected chi connectivity index (χ4v) is 5.26. The van der Waals surface area contributed by atoms with Crippen LogP contribution in [0.1, 0.15) is 48.3 Å². The van der Waals surface area contributed by atoms with Gasteiger partial charge in [0.25, 0.3) is 0 Å². The lowest BCUT2D eigenvalue weighted by molar-refractivity contribution is 0.247. The summed E-state index contributed by atoms with van der Waals surface area (Å²) in [6, 6.07) is 6.32. The molecule has 2 amide bonds. The third kappa shape index (κ3) is 3.81. The third-order valence-electron chi connectivity index (χ3n) is 5.50. The Balaban J connectivity index is 1.45. The van der Waals surface area contributed by atoms with Crippen LogP contribution < -0.4 is 15.5 Å². The van der Waals surface area contributed by atoms with Crippen LogP contribution in [0.4, 0.5) is 16.2 Å². The van der Waals surface area contributed by atoms with E-state index in [-0.39, 0.29) is 6.03 Å². The van der Waals surface area contributed by atoms with Crippen LogP contribution in [0.5, 0.6) is 0 Å². The third-order valence-corrected chi connectivity index (χ3v) is 6.60. The quantitative estimate of drug-likeness (QED) is 0.823. The summed E-state index contributed by atoms with van der Waals surface area (Å²) in [7, 11) is 0. The van der Waals surface area contributed by atoms with Crippen LogP contribution in [0.2, 0.25) is 0 Å². The molecule has 1 aliphatic heterocycles. The first kappa shape index (κ1) is 18.3. The van der Waals surface area contributed by atoms with E-state index < -0.39 is 0 Å². The maximum atomic E-state index is 12.2. The van der Waals surface area contributed by atoms with E-state index in [2.05, 4.69) is 42.7 Å². The van der Waals surface area contributed by atoms with Gasteiger partial charge in [0.1, 0.15) is 5.01 Å². The average Bonchev–Trinajstić information content (AvgIpc) is 3.22. The number of thiazole rings is 1. The summed E-state index contributed by atoms with van der Waals surface area (Å²) in [5, 5.41) is 7.55. The number of carbonyl (C=O) groups excluding carboxylic acids is 1. The van der Waals surface area contributed by atoms with Crippen molar-refractivity contribution in [2.75, 3.05) is 23.3 Å². The minimum atomic E-state index is -0.0105. The van der Waals surface area contributed by atoms with E-state index in [9.17, 15) is 4.79 Å². The van der Waals surface area contributed by atoms with Crippen molar-refractivity contribution in [2.24, 2.45) is 5.41 Å². The maximum Gasteiger partial charge on any atom is 0.321 e. The SMILES string of the molecule is CCNC(=O)N1CCc2ccc(NCc3nc4c(s3)CC(C)(C)CC4)cc21. The molecule has 2 aromatic rings. The largest absolute Gasteiger partial charge is 0.378 e. The van der Waals surface area contributed by atoms with Crippen molar-refractivity contribution in [2.45, 2.75) is 53.0 Å². The zero-order valence-corrected chi connectivity index (χ0v) is 17.2. The number of nitrogens with one attached hydrogen (secondary N) is 2. The molecular weight excluding hydrogens is 356 g/mol. The lowest BCUT2D eigenvalue weighted by Crippen LogP contribution is -2.38. The van der Waals surface area contributed by atoms with Gasteiger partial charge < -0.3 is 10.6 Å². The number of benzene rings is 1. The van der Waals surface area contributed by atoms with E-state index in [1.807, 2.05) is 23.2 Å². The summed E-state index contributed by atoms with van der Waals surface area (Å²) in [5.74, 6) is 0. The summed E-state index contributed by atoms with van der Waals surface area (Å²) < 4.78 is 0. The summed E-state index contributed by atoms with van der Waals surface area (Å²) in [6.45, 7) is 8.77. The molecule has 2 heterocycles. The van der Waals surface area contributed by atoms with Crippen LogP contribution >= 0.6 is 11.3 Å². The van der Waals surface area contributed by atoms with Crippen LogP contribution in [-0.2, 0) is 25.8 Å². The van der Waals surface area contributed by atoms with Crippen molar-refractivity contribution in [3.05, 3.63) is 39.3 Å². The van der Waals surface area contributed by atoms with Crippen LogP contribution in [-0.4, -0.2) is 24.1 Å². The van der Waals surface area contributed by atoms with Gasteiger partial charge in [-0.3, -0.25) is 4.90 Å². The van der Waals surface area contributed by atoms with E-state index in [0.29, 0.717) is 12.0 Å². The van der Waals surface area contributed by atoms with E-state index in [1.54, 1.807) is 0 Å². The molecule has 2 N–H and O–H groups in total. The molecule has 4 rings (SSSR count). The highest BCUT2D eigenvalue weighted by Crippen LogP contribution is 2.37. The van der Waals surface area contributed by atoms with Gasteiger partial charge in [0.15, 0.2) is 0 Å². The number of amides is 2. The highest BCUT2D eigenvalue weighted by molar-refractivity contribution is 7.11. The van der Waals surface area contributed by atoms with Crippen molar-refractivity contribution in [1.82, 2.24) is 10.3 Å². The van der Waals surface area contributed by atoms with Crippen molar-refractivity contribution in [3.8, 4) is 0 Å². The van der Waals surface area contributed by atoms with Crippen molar-refractivity contribution < 1.29 is 4.79 Å². The Morgan fingerprint density at radius 2 is 2.19 bits per heavy atom. The Morgan fingerprint density at radius 1 is 1.33 bits per heavy atom. The van der Waals surface area contributed by atoms with E-state index in [4.69, 9.17) is 4.98 Å². The molecular formula is C21H28N4OS. The van der Waals surface area contributed by atoms with Crippen LogP contribution in [0.15, 0.2) is 18.2 Å². The van der Waals surface area contributed by atoms with Gasteiger partial charge in [-0.15, -0.1) is 11.3 Å². The molecule has 0 saturated carbocycles. The molecule has 0 unspecified atom stereocenters. The summed E-state index contributed by atoms with van der Waals surface area (Å²) in [5.41, 5.74) is 4.99. The molecule has 1 aliphatic carbocycles. The Bertz CT molecular complexity index is 858. The second-order valence-corrected chi connectivity index (χ2v) is 9.42. The number of hydrogen-bond acceptors (Lipinski definition) is 4. The minimum absolute atomic E-state index is 0.0105. The summed E-state index contributed by atoms with van der Waals surface area (Å²) in [6.07, 6.45) is 4.37. The Labute approximate surface area is 165 Å². The minimum Gasteiger partial charge on any atom is -0.378 e. The van der Waals surface area contributed by atoms with Crippen molar-refractivity contribution in [1.29, 1.82) is 0 Å². The van der Waals surface area contributed by atoms with Gasteiger partial charge >= 0.3 is 6.03 Å². The van der Waals surface area contributed by atoms with E-state index in [0.717, 1.165) is 48.7 Å². The summed E-state index contributed by atoms with van der Waals surface area (Å²) >= 11 is 1.85. The molecule has 144 valence electrons. The lowest BCUT2D eigenvalue weighted by atomic mass is 9.79. The van der Waals surface area contributed by atoms with Gasteiger partial charge in [-0.25, -0.2) is 9.78 Å². The topological polar surface area (TPSA) is 57.3 Å². The standard InChI is InChI=1S/C21H28N4OS/c1-4-22-20(26)25-10-8-14-5-6-15(11-17(14)25)23-13-19-24-16-7-9-21(2,3)12-18(16)27-19/h5-6,11,23H,4,7-10,12-13H2,1-3H3,(H,22,26). The highest BCUT2D eigenvalue weighted by atomic mass is 32.1. The first-order valence-corrected chi connectivity index (χ1v) is 10.7. The van der Waals surface area contributed by atoms with Crippen molar-refractivity contribution >= 4 is 28.7 Å². The number of anilines is 2. The molecule has 0 spiro atoms. The Morgan fingerprint density at radius 3 is 3.00 bits per heavy atom. The zero-order chi connectivity index (χ0) is 19.0. The first-order valence-electron chi connectivity index (χ1n) is 9.85. The zero-order valence-electron chi connectivity index (χ0n) is 16.4. The monoisotopic (exact) mass is 384 g/mol.